The van der Waals surface area contributed by atoms with Gasteiger partial charge in [-0.2, -0.15) is 0 Å². The highest BCUT2D eigenvalue weighted by Gasteiger charge is 2.23. The topological polar surface area (TPSA) is 35.5 Å². The second kappa shape index (κ2) is 5.35. The SMILES string of the molecule is CCC(C)CC(=O)C1COCCO1. The van der Waals surface area contributed by atoms with Crippen LogP contribution in [-0.2, 0) is 14.3 Å². The maximum atomic E-state index is 11.6. The zero-order chi connectivity index (χ0) is 9.68. The highest BCUT2D eigenvalue weighted by Crippen LogP contribution is 2.12. The normalized spacial score (nSPS) is 25.5. The van der Waals surface area contributed by atoms with Gasteiger partial charge in [0.05, 0.1) is 19.8 Å². The second-order valence-electron chi connectivity index (χ2n) is 3.62. The van der Waals surface area contributed by atoms with Gasteiger partial charge in [-0.1, -0.05) is 20.3 Å². The van der Waals surface area contributed by atoms with E-state index in [0.717, 1.165) is 6.42 Å². The van der Waals surface area contributed by atoms with Crippen molar-refractivity contribution in [1.82, 2.24) is 0 Å². The number of hydrogen-bond acceptors (Lipinski definition) is 3. The average molecular weight is 186 g/mol. The summed E-state index contributed by atoms with van der Waals surface area (Å²) in [6.45, 7) is 5.79. The van der Waals surface area contributed by atoms with E-state index >= 15 is 0 Å². The summed E-state index contributed by atoms with van der Waals surface area (Å²) >= 11 is 0. The van der Waals surface area contributed by atoms with Gasteiger partial charge in [0.25, 0.3) is 0 Å². The molecule has 1 fully saturated rings. The predicted molar refractivity (Wildman–Crippen MR) is 49.6 cm³/mol. The van der Waals surface area contributed by atoms with E-state index in [1.807, 2.05) is 0 Å². The molecule has 0 amide bonds. The highest BCUT2D eigenvalue weighted by atomic mass is 16.6. The first kappa shape index (κ1) is 10.7. The van der Waals surface area contributed by atoms with Gasteiger partial charge in [-0.25, -0.2) is 0 Å². The van der Waals surface area contributed by atoms with Crippen LogP contribution in [0.2, 0.25) is 0 Å². The lowest BCUT2D eigenvalue weighted by Crippen LogP contribution is -2.36. The fourth-order valence-electron chi connectivity index (χ4n) is 1.29. The van der Waals surface area contributed by atoms with Crippen LogP contribution in [0.25, 0.3) is 0 Å². The van der Waals surface area contributed by atoms with Crippen molar-refractivity contribution < 1.29 is 14.3 Å². The smallest absolute Gasteiger partial charge is 0.164 e. The Kier molecular flexibility index (Phi) is 4.39. The summed E-state index contributed by atoms with van der Waals surface area (Å²) in [7, 11) is 0. The number of hydrogen-bond donors (Lipinski definition) is 0. The number of Topliss-reactive ketones (excluding diaryl/α,β-unsaturated/α-hetero) is 1. The molecule has 0 aromatic carbocycles. The summed E-state index contributed by atoms with van der Waals surface area (Å²) in [5.74, 6) is 0.645. The average Bonchev–Trinajstić information content (AvgIpc) is 2.19. The molecular weight excluding hydrogens is 168 g/mol. The van der Waals surface area contributed by atoms with Crippen molar-refractivity contribution in [2.24, 2.45) is 5.92 Å². The molecule has 0 spiro atoms. The van der Waals surface area contributed by atoms with Crippen molar-refractivity contribution in [3.63, 3.8) is 0 Å². The quantitative estimate of drug-likeness (QED) is 0.666. The Morgan fingerprint density at radius 1 is 1.54 bits per heavy atom. The molecule has 0 radical (unpaired) electrons. The summed E-state index contributed by atoms with van der Waals surface area (Å²) in [6, 6.07) is 0. The molecule has 0 bridgehead atoms. The van der Waals surface area contributed by atoms with Crippen molar-refractivity contribution in [3.05, 3.63) is 0 Å². The molecule has 13 heavy (non-hydrogen) atoms. The third kappa shape index (κ3) is 3.44. The molecule has 1 aliphatic heterocycles. The standard InChI is InChI=1S/C10H18O3/c1-3-8(2)6-9(11)10-7-12-4-5-13-10/h8,10H,3-7H2,1-2H3. The third-order valence-electron chi connectivity index (χ3n) is 2.42. The minimum absolute atomic E-state index is 0.189. The minimum atomic E-state index is -0.303. The molecular formula is C10H18O3. The van der Waals surface area contributed by atoms with Gasteiger partial charge in [-0.15, -0.1) is 0 Å². The maximum absolute atomic E-state index is 11.6. The molecule has 0 aromatic rings. The zero-order valence-corrected chi connectivity index (χ0v) is 8.41. The number of rotatable bonds is 4. The number of carbonyl (C=O) groups excluding carboxylic acids is 1. The van der Waals surface area contributed by atoms with Gasteiger partial charge >= 0.3 is 0 Å². The number of ether oxygens (including phenoxy) is 2. The van der Waals surface area contributed by atoms with Crippen molar-refractivity contribution >= 4 is 5.78 Å². The molecule has 0 saturated carbocycles. The van der Waals surface area contributed by atoms with E-state index in [2.05, 4.69) is 13.8 Å². The second-order valence-corrected chi connectivity index (χ2v) is 3.62. The van der Waals surface area contributed by atoms with Gasteiger partial charge in [0, 0.05) is 6.42 Å². The molecule has 1 heterocycles. The monoisotopic (exact) mass is 186 g/mol. The van der Waals surface area contributed by atoms with Crippen LogP contribution in [0.15, 0.2) is 0 Å². The summed E-state index contributed by atoms with van der Waals surface area (Å²) in [6.07, 6.45) is 1.35. The van der Waals surface area contributed by atoms with E-state index in [4.69, 9.17) is 9.47 Å². The maximum Gasteiger partial charge on any atom is 0.164 e. The minimum Gasteiger partial charge on any atom is -0.376 e. The van der Waals surface area contributed by atoms with Crippen LogP contribution >= 0.6 is 0 Å². The van der Waals surface area contributed by atoms with Gasteiger partial charge in [-0.05, 0) is 5.92 Å². The van der Waals surface area contributed by atoms with Crippen LogP contribution in [0.3, 0.4) is 0 Å². The van der Waals surface area contributed by atoms with E-state index in [-0.39, 0.29) is 11.9 Å². The van der Waals surface area contributed by atoms with Gasteiger partial charge in [-0.3, -0.25) is 4.79 Å². The van der Waals surface area contributed by atoms with Gasteiger partial charge < -0.3 is 9.47 Å². The summed E-state index contributed by atoms with van der Waals surface area (Å²) in [5.41, 5.74) is 0. The van der Waals surface area contributed by atoms with E-state index in [0.29, 0.717) is 32.2 Å². The zero-order valence-electron chi connectivity index (χ0n) is 8.41. The first-order valence-corrected chi connectivity index (χ1v) is 4.96. The fraction of sp³-hybridized carbons (Fsp3) is 0.900. The van der Waals surface area contributed by atoms with Gasteiger partial charge in [0.2, 0.25) is 0 Å². The Labute approximate surface area is 79.4 Å². The van der Waals surface area contributed by atoms with Crippen LogP contribution in [-0.4, -0.2) is 31.7 Å². The summed E-state index contributed by atoms with van der Waals surface area (Å²) in [4.78, 5) is 11.6. The molecule has 2 atom stereocenters. The van der Waals surface area contributed by atoms with Crippen LogP contribution in [0.4, 0.5) is 0 Å². The van der Waals surface area contributed by atoms with Crippen molar-refractivity contribution in [2.45, 2.75) is 32.8 Å². The molecule has 0 N–H and O–H groups in total. The number of carbonyl (C=O) groups is 1. The van der Waals surface area contributed by atoms with Crippen LogP contribution in [0, 0.1) is 5.92 Å². The van der Waals surface area contributed by atoms with E-state index < -0.39 is 0 Å². The van der Waals surface area contributed by atoms with E-state index in [1.54, 1.807) is 0 Å². The largest absolute Gasteiger partial charge is 0.376 e. The Balaban J connectivity index is 2.29. The van der Waals surface area contributed by atoms with Crippen LogP contribution in [0.5, 0.6) is 0 Å². The van der Waals surface area contributed by atoms with Crippen molar-refractivity contribution in [1.29, 1.82) is 0 Å². The van der Waals surface area contributed by atoms with E-state index in [1.165, 1.54) is 0 Å². The Morgan fingerprint density at radius 2 is 2.31 bits per heavy atom. The fourth-order valence-corrected chi connectivity index (χ4v) is 1.29. The molecule has 1 rings (SSSR count). The highest BCUT2D eigenvalue weighted by molar-refractivity contribution is 5.83. The molecule has 76 valence electrons. The predicted octanol–water partition coefficient (Wildman–Crippen LogP) is 1.41. The Morgan fingerprint density at radius 3 is 2.85 bits per heavy atom. The first-order valence-electron chi connectivity index (χ1n) is 4.96. The lowest BCUT2D eigenvalue weighted by atomic mass is 9.99. The Bertz CT molecular complexity index is 162. The molecule has 1 aliphatic rings. The number of ketones is 1. The first-order chi connectivity index (χ1) is 6.24. The van der Waals surface area contributed by atoms with Crippen molar-refractivity contribution in [3.8, 4) is 0 Å². The molecule has 2 unspecified atom stereocenters. The summed E-state index contributed by atoms with van der Waals surface area (Å²) in [5, 5.41) is 0. The molecule has 3 heteroatoms. The lowest BCUT2D eigenvalue weighted by Gasteiger charge is -2.22. The molecule has 0 aliphatic carbocycles. The molecule has 1 saturated heterocycles. The van der Waals surface area contributed by atoms with Crippen LogP contribution < -0.4 is 0 Å². The van der Waals surface area contributed by atoms with Gasteiger partial charge in [0.15, 0.2) is 5.78 Å². The summed E-state index contributed by atoms with van der Waals surface area (Å²) < 4.78 is 10.5. The van der Waals surface area contributed by atoms with Crippen LogP contribution in [0.1, 0.15) is 26.7 Å². The lowest BCUT2D eigenvalue weighted by molar-refractivity contribution is -0.146. The molecule has 3 nitrogen and oxygen atoms in total. The van der Waals surface area contributed by atoms with Crippen molar-refractivity contribution in [2.75, 3.05) is 19.8 Å². The molecule has 0 aromatic heterocycles. The Hall–Kier alpha value is -0.410. The van der Waals surface area contributed by atoms with Gasteiger partial charge in [0.1, 0.15) is 6.10 Å². The van der Waals surface area contributed by atoms with E-state index in [9.17, 15) is 4.79 Å². The third-order valence-corrected chi connectivity index (χ3v) is 2.42.